The van der Waals surface area contributed by atoms with E-state index in [1.54, 1.807) is 0 Å². The molecule has 2 rings (SSSR count). The van der Waals surface area contributed by atoms with E-state index in [9.17, 15) is 17.2 Å². The Hall–Kier alpha value is -1.05. The number of rotatable bonds is 5. The highest BCUT2D eigenvalue weighted by Crippen LogP contribution is 2.20. The van der Waals surface area contributed by atoms with Gasteiger partial charge in [-0.2, -0.15) is 0 Å². The first-order valence-electron chi connectivity index (χ1n) is 6.89. The van der Waals surface area contributed by atoms with Gasteiger partial charge in [0.2, 0.25) is 0 Å². The Balaban J connectivity index is 1.90. The maximum Gasteiger partial charge on any atom is 0.151 e. The monoisotopic (exact) mass is 318 g/mol. The summed E-state index contributed by atoms with van der Waals surface area (Å²) in [7, 11) is -1.06. The lowest BCUT2D eigenvalue weighted by Crippen LogP contribution is -2.34. The molecular weight excluding hydrogens is 298 g/mol. The van der Waals surface area contributed by atoms with Gasteiger partial charge in [-0.25, -0.2) is 17.2 Å². The van der Waals surface area contributed by atoms with E-state index in [0.29, 0.717) is 24.9 Å². The molecule has 2 N–H and O–H groups in total. The molecule has 1 aliphatic rings. The molecule has 0 aromatic heterocycles. The molecule has 1 heterocycles. The molecule has 0 saturated carbocycles. The van der Waals surface area contributed by atoms with Gasteiger partial charge in [0.25, 0.3) is 0 Å². The van der Waals surface area contributed by atoms with Gasteiger partial charge in [0.15, 0.2) is 9.84 Å². The van der Waals surface area contributed by atoms with Gasteiger partial charge in [-0.05, 0) is 44.1 Å². The summed E-state index contributed by atoms with van der Waals surface area (Å²) in [4.78, 5) is 1.96. The number of hydrogen-bond donors (Lipinski definition) is 1. The van der Waals surface area contributed by atoms with Crippen LogP contribution in [0.1, 0.15) is 24.4 Å². The first kappa shape index (κ1) is 16.3. The van der Waals surface area contributed by atoms with Crippen LogP contribution in [-0.2, 0) is 9.84 Å². The third-order valence-electron chi connectivity index (χ3n) is 3.94. The molecule has 0 aliphatic carbocycles. The van der Waals surface area contributed by atoms with Crippen LogP contribution in [0, 0.1) is 11.6 Å². The molecule has 1 aromatic rings. The number of nitrogens with two attached hydrogens (primary N) is 1. The summed E-state index contributed by atoms with van der Waals surface area (Å²) in [6.45, 7) is 0.583. The Morgan fingerprint density at radius 2 is 1.95 bits per heavy atom. The van der Waals surface area contributed by atoms with E-state index in [0.717, 1.165) is 6.07 Å². The highest BCUT2D eigenvalue weighted by molar-refractivity contribution is 7.91. The van der Waals surface area contributed by atoms with Crippen LogP contribution in [0.25, 0.3) is 0 Å². The average Bonchev–Trinajstić information content (AvgIpc) is 2.75. The maximum atomic E-state index is 13.1. The van der Waals surface area contributed by atoms with Crippen molar-refractivity contribution in [1.82, 2.24) is 4.90 Å². The SMILES string of the molecule is CN(CCC(N)c1cc(F)cc(F)c1)C1CCS(=O)(=O)C1. The van der Waals surface area contributed by atoms with Crippen LogP contribution in [0.3, 0.4) is 0 Å². The molecule has 1 saturated heterocycles. The molecule has 0 bridgehead atoms. The Morgan fingerprint density at radius 1 is 1.33 bits per heavy atom. The van der Waals surface area contributed by atoms with Crippen LogP contribution in [0.2, 0.25) is 0 Å². The summed E-state index contributed by atoms with van der Waals surface area (Å²) >= 11 is 0. The van der Waals surface area contributed by atoms with E-state index < -0.39 is 27.5 Å². The topological polar surface area (TPSA) is 63.4 Å². The summed E-state index contributed by atoms with van der Waals surface area (Å²) in [5, 5.41) is 0. The van der Waals surface area contributed by atoms with Crippen LogP contribution in [0.15, 0.2) is 18.2 Å². The lowest BCUT2D eigenvalue weighted by molar-refractivity contribution is 0.252. The molecule has 118 valence electrons. The van der Waals surface area contributed by atoms with Crippen molar-refractivity contribution in [3.8, 4) is 0 Å². The summed E-state index contributed by atoms with van der Waals surface area (Å²) in [6.07, 6.45) is 1.14. The van der Waals surface area contributed by atoms with E-state index in [1.165, 1.54) is 12.1 Å². The fourth-order valence-corrected chi connectivity index (χ4v) is 4.41. The van der Waals surface area contributed by atoms with Gasteiger partial charge >= 0.3 is 0 Å². The smallest absolute Gasteiger partial charge is 0.151 e. The second-order valence-electron chi connectivity index (χ2n) is 5.64. The van der Waals surface area contributed by atoms with Crippen molar-refractivity contribution in [2.75, 3.05) is 25.1 Å². The van der Waals surface area contributed by atoms with Crippen molar-refractivity contribution in [3.05, 3.63) is 35.4 Å². The van der Waals surface area contributed by atoms with Crippen LogP contribution in [0.4, 0.5) is 8.78 Å². The number of halogens is 2. The standard InChI is InChI=1S/C14H20F2N2O2S/c1-18(13-3-5-21(19,20)9-13)4-2-14(17)10-6-11(15)8-12(16)7-10/h6-8,13-14H,2-5,9,17H2,1H3. The van der Waals surface area contributed by atoms with Crippen molar-refractivity contribution in [2.45, 2.75) is 24.9 Å². The maximum absolute atomic E-state index is 13.1. The summed E-state index contributed by atoms with van der Waals surface area (Å²) in [6, 6.07) is 2.80. The number of benzene rings is 1. The Kier molecular flexibility index (Phi) is 4.95. The average molecular weight is 318 g/mol. The number of hydrogen-bond acceptors (Lipinski definition) is 4. The molecular formula is C14H20F2N2O2S. The van der Waals surface area contributed by atoms with Crippen molar-refractivity contribution < 1.29 is 17.2 Å². The fraction of sp³-hybridized carbons (Fsp3) is 0.571. The molecule has 7 heteroatoms. The van der Waals surface area contributed by atoms with Crippen molar-refractivity contribution in [1.29, 1.82) is 0 Å². The summed E-state index contributed by atoms with van der Waals surface area (Å²) < 4.78 is 49.2. The van der Waals surface area contributed by atoms with Gasteiger partial charge in [-0.1, -0.05) is 0 Å². The Morgan fingerprint density at radius 3 is 2.48 bits per heavy atom. The third kappa shape index (κ3) is 4.46. The highest BCUT2D eigenvalue weighted by Gasteiger charge is 2.30. The zero-order chi connectivity index (χ0) is 15.6. The van der Waals surface area contributed by atoms with Crippen LogP contribution in [-0.4, -0.2) is 44.5 Å². The van der Waals surface area contributed by atoms with Gasteiger partial charge in [0, 0.05) is 18.2 Å². The fourth-order valence-electron chi connectivity index (χ4n) is 2.60. The second kappa shape index (κ2) is 6.37. The number of nitrogens with zero attached hydrogens (tertiary/aromatic N) is 1. The minimum absolute atomic E-state index is 0.00597. The largest absolute Gasteiger partial charge is 0.324 e. The molecule has 2 atom stereocenters. The molecule has 1 aromatic carbocycles. The Bertz CT molecular complexity index is 587. The second-order valence-corrected chi connectivity index (χ2v) is 7.86. The minimum atomic E-state index is -2.91. The molecule has 2 unspecified atom stereocenters. The van der Waals surface area contributed by atoms with E-state index in [4.69, 9.17) is 5.73 Å². The lowest BCUT2D eigenvalue weighted by atomic mass is 10.0. The first-order chi connectivity index (χ1) is 9.77. The van der Waals surface area contributed by atoms with Gasteiger partial charge < -0.3 is 10.6 Å². The van der Waals surface area contributed by atoms with E-state index in [1.807, 2.05) is 11.9 Å². The third-order valence-corrected chi connectivity index (χ3v) is 5.69. The number of sulfone groups is 1. The molecule has 21 heavy (non-hydrogen) atoms. The van der Waals surface area contributed by atoms with Crippen LogP contribution in [0.5, 0.6) is 0 Å². The first-order valence-corrected chi connectivity index (χ1v) is 8.71. The van der Waals surface area contributed by atoms with Crippen molar-refractivity contribution >= 4 is 9.84 Å². The highest BCUT2D eigenvalue weighted by atomic mass is 32.2. The quantitative estimate of drug-likeness (QED) is 0.893. The van der Waals surface area contributed by atoms with Crippen molar-refractivity contribution in [3.63, 3.8) is 0 Å². The van der Waals surface area contributed by atoms with Crippen LogP contribution >= 0.6 is 0 Å². The van der Waals surface area contributed by atoms with E-state index >= 15 is 0 Å². The molecule has 0 spiro atoms. The summed E-state index contributed by atoms with van der Waals surface area (Å²) in [5.74, 6) is -0.886. The van der Waals surface area contributed by atoms with Gasteiger partial charge in [0.1, 0.15) is 11.6 Å². The predicted octanol–water partition coefficient (Wildman–Crippen LogP) is 1.47. The van der Waals surface area contributed by atoms with E-state index in [2.05, 4.69) is 0 Å². The zero-order valence-corrected chi connectivity index (χ0v) is 12.7. The van der Waals surface area contributed by atoms with Crippen LogP contribution < -0.4 is 5.73 Å². The molecule has 0 amide bonds. The summed E-state index contributed by atoms with van der Waals surface area (Å²) in [5.41, 5.74) is 6.37. The van der Waals surface area contributed by atoms with Gasteiger partial charge in [0.05, 0.1) is 11.5 Å². The minimum Gasteiger partial charge on any atom is -0.324 e. The molecule has 1 aliphatic heterocycles. The van der Waals surface area contributed by atoms with Crippen molar-refractivity contribution in [2.24, 2.45) is 5.73 Å². The zero-order valence-electron chi connectivity index (χ0n) is 11.9. The lowest BCUT2D eigenvalue weighted by Gasteiger charge is -2.24. The molecule has 4 nitrogen and oxygen atoms in total. The molecule has 0 radical (unpaired) electrons. The molecule has 1 fully saturated rings. The van der Waals surface area contributed by atoms with Gasteiger partial charge in [-0.3, -0.25) is 0 Å². The van der Waals surface area contributed by atoms with Gasteiger partial charge in [-0.15, -0.1) is 0 Å². The predicted molar refractivity (Wildman–Crippen MR) is 77.6 cm³/mol. The van der Waals surface area contributed by atoms with E-state index in [-0.39, 0.29) is 17.5 Å². The Labute approximate surface area is 123 Å². The normalized spacial score (nSPS) is 22.6.